The average Bonchev–Trinajstić information content (AvgIpc) is 3.24. The Hall–Kier alpha value is -4.26. The van der Waals surface area contributed by atoms with Gasteiger partial charge in [0, 0.05) is 29.6 Å². The minimum absolute atomic E-state index is 0.0673. The Morgan fingerprint density at radius 3 is 2.24 bits per heavy atom. The van der Waals surface area contributed by atoms with E-state index in [1.807, 2.05) is 78.9 Å². The number of ether oxygens (including phenoxy) is 2. The van der Waals surface area contributed by atoms with Crippen LogP contribution >= 0.6 is 0 Å². The summed E-state index contributed by atoms with van der Waals surface area (Å²) in [7, 11) is 0. The maximum Gasteiger partial charge on any atom is 0.408 e. The zero-order chi connectivity index (χ0) is 23.0. The van der Waals surface area contributed by atoms with E-state index in [1.165, 1.54) is 0 Å². The van der Waals surface area contributed by atoms with E-state index >= 15 is 0 Å². The van der Waals surface area contributed by atoms with Gasteiger partial charge >= 0.3 is 12.1 Å². The molecule has 0 radical (unpaired) electrons. The Kier molecular flexibility index (Phi) is 6.90. The number of nitrogens with one attached hydrogen (secondary N) is 2. The van der Waals surface area contributed by atoms with E-state index in [-0.39, 0.29) is 13.0 Å². The van der Waals surface area contributed by atoms with Crippen LogP contribution in [-0.4, -0.2) is 28.2 Å². The molecule has 4 rings (SSSR count). The van der Waals surface area contributed by atoms with Crippen molar-refractivity contribution in [2.45, 2.75) is 25.7 Å². The van der Waals surface area contributed by atoms with Crippen LogP contribution in [-0.2, 0) is 29.2 Å². The van der Waals surface area contributed by atoms with Gasteiger partial charge in [-0.1, -0.05) is 60.7 Å². The summed E-state index contributed by atoms with van der Waals surface area (Å²) in [6, 6.07) is 23.5. The zero-order valence-corrected chi connectivity index (χ0v) is 17.9. The zero-order valence-electron chi connectivity index (χ0n) is 17.9. The van der Waals surface area contributed by atoms with Gasteiger partial charge in [0.25, 0.3) is 0 Å². The predicted molar refractivity (Wildman–Crippen MR) is 124 cm³/mol. The molecule has 7 nitrogen and oxygen atoms in total. The summed E-state index contributed by atoms with van der Waals surface area (Å²) in [6.07, 6.45) is 1.08. The number of aliphatic carboxylic acids is 1. The summed E-state index contributed by atoms with van der Waals surface area (Å²) in [5.41, 5.74) is 3.49. The van der Waals surface area contributed by atoms with Crippen molar-refractivity contribution >= 4 is 23.0 Å². The number of carboxylic acids is 1. The van der Waals surface area contributed by atoms with Crippen LogP contribution < -0.4 is 10.1 Å². The van der Waals surface area contributed by atoms with Gasteiger partial charge in [-0.2, -0.15) is 0 Å². The van der Waals surface area contributed by atoms with E-state index in [4.69, 9.17) is 9.47 Å². The number of H-pyrrole nitrogens is 1. The number of alkyl carbamates (subject to hydrolysis) is 1. The molecule has 1 heterocycles. The fraction of sp³-hybridized carbons (Fsp3) is 0.154. The second-order valence-electron chi connectivity index (χ2n) is 7.60. The van der Waals surface area contributed by atoms with Crippen LogP contribution in [0, 0.1) is 0 Å². The minimum atomic E-state index is -1.14. The van der Waals surface area contributed by atoms with Crippen LogP contribution in [0.1, 0.15) is 16.7 Å². The van der Waals surface area contributed by atoms with Gasteiger partial charge in [-0.15, -0.1) is 0 Å². The molecule has 0 fully saturated rings. The first kappa shape index (κ1) is 22.0. The van der Waals surface area contributed by atoms with Crippen molar-refractivity contribution in [3.05, 3.63) is 102 Å². The van der Waals surface area contributed by atoms with E-state index in [1.54, 1.807) is 6.20 Å². The van der Waals surface area contributed by atoms with Gasteiger partial charge in [0.2, 0.25) is 0 Å². The lowest BCUT2D eigenvalue weighted by atomic mass is 10.1. The van der Waals surface area contributed by atoms with E-state index in [9.17, 15) is 14.7 Å². The highest BCUT2D eigenvalue weighted by atomic mass is 16.5. The lowest BCUT2D eigenvalue weighted by Gasteiger charge is -2.14. The molecule has 1 atom stereocenters. The molecule has 1 amide bonds. The molecular weight excluding hydrogens is 420 g/mol. The van der Waals surface area contributed by atoms with Crippen molar-refractivity contribution in [3.63, 3.8) is 0 Å². The van der Waals surface area contributed by atoms with Gasteiger partial charge in [0.15, 0.2) is 0 Å². The molecule has 0 saturated carbocycles. The molecule has 0 aliphatic rings. The average molecular weight is 444 g/mol. The Morgan fingerprint density at radius 2 is 1.58 bits per heavy atom. The molecule has 168 valence electrons. The normalized spacial score (nSPS) is 11.6. The Balaban J connectivity index is 1.38. The number of fused-ring (bicyclic) bond motifs is 1. The van der Waals surface area contributed by atoms with Crippen molar-refractivity contribution in [1.82, 2.24) is 10.3 Å². The van der Waals surface area contributed by atoms with Gasteiger partial charge in [0.05, 0.1) is 0 Å². The van der Waals surface area contributed by atoms with Crippen LogP contribution in [0.3, 0.4) is 0 Å². The molecule has 0 saturated heterocycles. The maximum atomic E-state index is 12.1. The summed E-state index contributed by atoms with van der Waals surface area (Å²) < 4.78 is 11.0. The fourth-order valence-electron chi connectivity index (χ4n) is 3.49. The van der Waals surface area contributed by atoms with E-state index in [0.29, 0.717) is 12.4 Å². The number of benzene rings is 3. The van der Waals surface area contributed by atoms with Gasteiger partial charge in [-0.05, 0) is 28.8 Å². The topological polar surface area (TPSA) is 101 Å². The molecule has 0 aliphatic carbocycles. The standard InChI is InChI=1S/C26H24N2O5/c29-25(30)24(28-26(31)33-17-19-9-5-2-6-10-19)13-20-15-27-23-14-21(11-12-22(20)23)32-16-18-7-3-1-4-8-18/h1-12,14-15,24,27H,13,16-17H2,(H,28,31)(H,29,30)/t24-/m0/s1. The Morgan fingerprint density at radius 1 is 0.909 bits per heavy atom. The van der Waals surface area contributed by atoms with Crippen molar-refractivity contribution in [2.24, 2.45) is 0 Å². The van der Waals surface area contributed by atoms with Crippen LogP contribution in [0.5, 0.6) is 5.75 Å². The van der Waals surface area contributed by atoms with E-state index in [0.717, 1.165) is 27.6 Å². The number of rotatable bonds is 9. The highest BCUT2D eigenvalue weighted by Crippen LogP contribution is 2.25. The first-order chi connectivity index (χ1) is 16.1. The number of carboxylic acid groups (broad SMARTS) is 1. The first-order valence-corrected chi connectivity index (χ1v) is 10.6. The quantitative estimate of drug-likeness (QED) is 0.348. The Labute approximate surface area is 191 Å². The van der Waals surface area contributed by atoms with Crippen molar-refractivity contribution in [1.29, 1.82) is 0 Å². The SMILES string of the molecule is O=C(N[C@@H](Cc1c[nH]c2cc(OCc3ccccc3)ccc12)C(=O)O)OCc1ccccc1. The first-order valence-electron chi connectivity index (χ1n) is 10.6. The number of aromatic amines is 1. The van der Waals surface area contributed by atoms with Gasteiger partial charge in [-0.3, -0.25) is 0 Å². The second kappa shape index (κ2) is 10.4. The third-order valence-electron chi connectivity index (χ3n) is 5.21. The summed E-state index contributed by atoms with van der Waals surface area (Å²) in [5.74, 6) is -0.430. The largest absolute Gasteiger partial charge is 0.489 e. The molecule has 33 heavy (non-hydrogen) atoms. The molecule has 0 spiro atoms. The van der Waals surface area contributed by atoms with E-state index in [2.05, 4.69) is 10.3 Å². The molecule has 0 unspecified atom stereocenters. The van der Waals surface area contributed by atoms with Crippen LogP contribution in [0.15, 0.2) is 85.1 Å². The molecule has 1 aromatic heterocycles. The Bertz CT molecular complexity index is 1220. The molecular formula is C26H24N2O5. The number of carbonyl (C=O) groups excluding carboxylic acids is 1. The molecule has 0 bridgehead atoms. The number of aromatic nitrogens is 1. The molecule has 4 aromatic rings. The lowest BCUT2D eigenvalue weighted by Crippen LogP contribution is -2.42. The predicted octanol–water partition coefficient (Wildman–Crippen LogP) is 4.67. The smallest absolute Gasteiger partial charge is 0.408 e. The highest BCUT2D eigenvalue weighted by Gasteiger charge is 2.22. The number of hydrogen-bond acceptors (Lipinski definition) is 4. The number of amides is 1. The minimum Gasteiger partial charge on any atom is -0.489 e. The van der Waals surface area contributed by atoms with Gasteiger partial charge in [0.1, 0.15) is 25.0 Å². The molecule has 3 N–H and O–H groups in total. The lowest BCUT2D eigenvalue weighted by molar-refractivity contribution is -0.139. The van der Waals surface area contributed by atoms with E-state index < -0.39 is 18.1 Å². The van der Waals surface area contributed by atoms with Crippen LogP contribution in [0.4, 0.5) is 4.79 Å². The van der Waals surface area contributed by atoms with Gasteiger partial charge in [-0.25, -0.2) is 9.59 Å². The molecule has 7 heteroatoms. The molecule has 3 aromatic carbocycles. The maximum absolute atomic E-state index is 12.1. The number of carbonyl (C=O) groups is 2. The highest BCUT2D eigenvalue weighted by molar-refractivity contribution is 5.86. The second-order valence-corrected chi connectivity index (χ2v) is 7.60. The summed E-state index contributed by atoms with van der Waals surface area (Å²) in [4.78, 5) is 27.0. The summed E-state index contributed by atoms with van der Waals surface area (Å²) in [5, 5.41) is 12.9. The van der Waals surface area contributed by atoms with Crippen LogP contribution in [0.2, 0.25) is 0 Å². The van der Waals surface area contributed by atoms with Crippen LogP contribution in [0.25, 0.3) is 10.9 Å². The third-order valence-corrected chi connectivity index (χ3v) is 5.21. The monoisotopic (exact) mass is 444 g/mol. The van der Waals surface area contributed by atoms with Crippen molar-refractivity contribution in [3.8, 4) is 5.75 Å². The molecule has 0 aliphatic heterocycles. The third kappa shape index (κ3) is 5.92. The van der Waals surface area contributed by atoms with Crippen molar-refractivity contribution in [2.75, 3.05) is 0 Å². The van der Waals surface area contributed by atoms with Crippen molar-refractivity contribution < 1.29 is 24.2 Å². The summed E-state index contributed by atoms with van der Waals surface area (Å²) >= 11 is 0. The summed E-state index contributed by atoms with van der Waals surface area (Å²) in [6.45, 7) is 0.522. The van der Waals surface area contributed by atoms with Gasteiger partial charge < -0.3 is 24.9 Å². The number of hydrogen-bond donors (Lipinski definition) is 3. The fourth-order valence-corrected chi connectivity index (χ4v) is 3.49.